The number of rotatable bonds is 20. The van der Waals surface area contributed by atoms with E-state index in [0.29, 0.717) is 0 Å². The van der Waals surface area contributed by atoms with Crippen molar-refractivity contribution in [3.05, 3.63) is 29.1 Å². The van der Waals surface area contributed by atoms with Crippen LogP contribution in [0.25, 0.3) is 0 Å². The van der Waals surface area contributed by atoms with Crippen molar-refractivity contribution in [1.29, 1.82) is 0 Å². The first-order valence-electron chi connectivity index (χ1n) is 11.3. The Morgan fingerprint density at radius 2 is 1.13 bits per heavy atom. The van der Waals surface area contributed by atoms with E-state index in [1.54, 1.807) is 0 Å². The predicted molar refractivity (Wildman–Crippen MR) is 140 cm³/mol. The number of unbranched alkanes of at least 4 members (excludes halogenated alkanes) is 15. The van der Waals surface area contributed by atoms with Gasteiger partial charge in [0.25, 0.3) is 0 Å². The van der Waals surface area contributed by atoms with E-state index < -0.39 is 4.92 Å². The van der Waals surface area contributed by atoms with Crippen LogP contribution in [0.5, 0.6) is 0 Å². The highest BCUT2D eigenvalue weighted by Crippen LogP contribution is 2.35. The third-order valence-corrected chi connectivity index (χ3v) is 7.69. The molecule has 8 heteroatoms. The maximum atomic E-state index is 11.1. The molecule has 0 aromatic heterocycles. The Labute approximate surface area is 211 Å². The lowest BCUT2D eigenvalue weighted by Gasteiger charge is -2.04. The zero-order valence-corrected chi connectivity index (χ0v) is 22.9. The third kappa shape index (κ3) is 17.2. The minimum Gasteiger partial charge on any atom is -0.258 e. The highest BCUT2D eigenvalue weighted by molar-refractivity contribution is 9.12. The summed E-state index contributed by atoms with van der Waals surface area (Å²) in [6.45, 7) is 2.27. The molecular weight excluding hydrogens is 529 g/mol. The van der Waals surface area contributed by atoms with Crippen molar-refractivity contribution in [2.24, 2.45) is 0 Å². The van der Waals surface area contributed by atoms with Crippen LogP contribution in [0.3, 0.4) is 0 Å². The molecule has 0 saturated carbocycles. The summed E-state index contributed by atoms with van der Waals surface area (Å²) in [5.74, 6) is 0.735. The molecule has 176 valence electrons. The first-order chi connectivity index (χ1) is 14.4. The molecule has 0 aromatic rings. The maximum absolute atomic E-state index is 11.1. The van der Waals surface area contributed by atoms with Gasteiger partial charge < -0.3 is 0 Å². The van der Waals surface area contributed by atoms with Crippen LogP contribution in [0.1, 0.15) is 110 Å². The van der Waals surface area contributed by atoms with E-state index in [9.17, 15) is 10.1 Å². The Morgan fingerprint density at radius 1 is 0.767 bits per heavy atom. The quantitative estimate of drug-likeness (QED) is 0.0638. The first kappa shape index (κ1) is 30.6. The standard InChI is InChI=1S/C22H37BrCl3NO2S/c1-2-3-4-5-6-7-8-9-10-11-12-13-14-15-16-17-18-30-22(26)20(27(28)29)19(24)21(23)25/h2-18H2,1H3/b21-19-,22-20-. The van der Waals surface area contributed by atoms with Crippen LogP contribution < -0.4 is 0 Å². The van der Waals surface area contributed by atoms with E-state index >= 15 is 0 Å². The lowest BCUT2D eigenvalue weighted by molar-refractivity contribution is -0.419. The van der Waals surface area contributed by atoms with Gasteiger partial charge in [-0.1, -0.05) is 138 Å². The summed E-state index contributed by atoms with van der Waals surface area (Å²) in [5, 5.41) is 10.9. The van der Waals surface area contributed by atoms with E-state index in [-0.39, 0.29) is 19.0 Å². The molecule has 0 bridgehead atoms. The van der Waals surface area contributed by atoms with Crippen molar-refractivity contribution in [2.45, 2.75) is 110 Å². The zero-order chi connectivity index (χ0) is 22.6. The summed E-state index contributed by atoms with van der Waals surface area (Å²) in [6, 6.07) is 0. The number of hydrogen-bond acceptors (Lipinski definition) is 3. The molecule has 0 aliphatic carbocycles. The predicted octanol–water partition coefficient (Wildman–Crippen LogP) is 10.7. The maximum Gasteiger partial charge on any atom is 0.314 e. The Hall–Kier alpha value is 0.580. The second kappa shape index (κ2) is 21.4. The lowest BCUT2D eigenvalue weighted by Crippen LogP contribution is -2.01. The molecule has 0 spiro atoms. The van der Waals surface area contributed by atoms with E-state index in [4.69, 9.17) is 34.8 Å². The van der Waals surface area contributed by atoms with E-state index in [2.05, 4.69) is 22.9 Å². The topological polar surface area (TPSA) is 43.1 Å². The monoisotopic (exact) mass is 563 g/mol. The normalized spacial score (nSPS) is 13.2. The van der Waals surface area contributed by atoms with Crippen molar-refractivity contribution in [2.75, 3.05) is 5.75 Å². The second-order valence-electron chi connectivity index (χ2n) is 7.61. The lowest BCUT2D eigenvalue weighted by atomic mass is 10.0. The second-order valence-corrected chi connectivity index (χ2v) is 11.3. The number of hydrogen-bond donors (Lipinski definition) is 0. The molecule has 0 radical (unpaired) electrons. The molecule has 0 aliphatic rings. The Bertz CT molecular complexity index is 527. The van der Waals surface area contributed by atoms with Gasteiger partial charge in [-0.15, -0.1) is 11.8 Å². The molecule has 0 N–H and O–H groups in total. The molecule has 0 unspecified atom stereocenters. The molecule has 0 aliphatic heterocycles. The fraction of sp³-hybridized carbons (Fsp3) is 0.818. The zero-order valence-electron chi connectivity index (χ0n) is 18.2. The summed E-state index contributed by atoms with van der Waals surface area (Å²) in [4.78, 5) is 10.5. The molecule has 0 amide bonds. The van der Waals surface area contributed by atoms with Crippen LogP contribution in [0.15, 0.2) is 19.0 Å². The average Bonchev–Trinajstić information content (AvgIpc) is 2.70. The molecule has 0 fully saturated rings. The van der Waals surface area contributed by atoms with Gasteiger partial charge in [0.2, 0.25) is 0 Å². The van der Waals surface area contributed by atoms with Gasteiger partial charge in [-0.25, -0.2) is 0 Å². The van der Waals surface area contributed by atoms with Crippen molar-refractivity contribution in [1.82, 2.24) is 0 Å². The van der Waals surface area contributed by atoms with Crippen LogP contribution in [-0.2, 0) is 0 Å². The number of halogens is 4. The highest BCUT2D eigenvalue weighted by atomic mass is 79.9. The minimum absolute atomic E-state index is 0.0166. The van der Waals surface area contributed by atoms with Crippen LogP contribution >= 0.6 is 62.5 Å². The molecule has 0 rings (SSSR count). The van der Waals surface area contributed by atoms with Gasteiger partial charge in [0, 0.05) is 0 Å². The van der Waals surface area contributed by atoms with Crippen LogP contribution in [0.4, 0.5) is 0 Å². The number of allylic oxidation sites excluding steroid dienone is 1. The van der Waals surface area contributed by atoms with E-state index in [0.717, 1.165) is 18.6 Å². The minimum atomic E-state index is -0.602. The van der Waals surface area contributed by atoms with Crippen LogP contribution in [-0.4, -0.2) is 10.7 Å². The third-order valence-electron chi connectivity index (χ3n) is 4.97. The summed E-state index contributed by atoms with van der Waals surface area (Å²) in [6.07, 6.45) is 21.1. The average molecular weight is 566 g/mol. The Kier molecular flexibility index (Phi) is 21.8. The molecule has 30 heavy (non-hydrogen) atoms. The first-order valence-corrected chi connectivity index (χ1v) is 14.2. The largest absolute Gasteiger partial charge is 0.314 e. The van der Waals surface area contributed by atoms with Gasteiger partial charge in [0.1, 0.15) is 8.97 Å². The summed E-state index contributed by atoms with van der Waals surface area (Å²) in [5.41, 5.74) is -0.346. The van der Waals surface area contributed by atoms with Crippen molar-refractivity contribution in [3.63, 3.8) is 0 Å². The molecule has 0 heterocycles. The molecule has 0 atom stereocenters. The Balaban J connectivity index is 3.59. The van der Waals surface area contributed by atoms with Gasteiger partial charge in [-0.2, -0.15) is 0 Å². The number of nitrogens with zero attached hydrogens (tertiary/aromatic N) is 1. The van der Waals surface area contributed by atoms with Crippen molar-refractivity contribution < 1.29 is 4.92 Å². The van der Waals surface area contributed by atoms with Crippen molar-refractivity contribution >= 4 is 62.5 Å². The van der Waals surface area contributed by atoms with Crippen LogP contribution in [0.2, 0.25) is 0 Å². The fourth-order valence-electron chi connectivity index (χ4n) is 3.21. The SMILES string of the molecule is CCCCCCCCCCCCCCCCCCS/C(Cl)=C(/C(Cl)=C(/Cl)Br)[N+](=O)[O-]. The summed E-state index contributed by atoms with van der Waals surface area (Å²) in [7, 11) is 0. The van der Waals surface area contributed by atoms with Gasteiger partial charge in [-0.05, 0) is 28.1 Å². The highest BCUT2D eigenvalue weighted by Gasteiger charge is 2.24. The van der Waals surface area contributed by atoms with Crippen molar-refractivity contribution in [3.8, 4) is 0 Å². The Morgan fingerprint density at radius 3 is 1.47 bits per heavy atom. The number of nitro groups is 1. The van der Waals surface area contributed by atoms with Gasteiger partial charge >= 0.3 is 5.70 Å². The van der Waals surface area contributed by atoms with Crippen LogP contribution in [0, 0.1) is 10.1 Å². The molecule has 3 nitrogen and oxygen atoms in total. The smallest absolute Gasteiger partial charge is 0.258 e. The van der Waals surface area contributed by atoms with E-state index in [1.165, 1.54) is 102 Å². The van der Waals surface area contributed by atoms with E-state index in [1.807, 2.05) is 0 Å². The summed E-state index contributed by atoms with van der Waals surface area (Å²) >= 11 is 21.8. The van der Waals surface area contributed by atoms with Gasteiger partial charge in [0.05, 0.1) is 4.92 Å². The van der Waals surface area contributed by atoms with Gasteiger partial charge in [-0.3, -0.25) is 10.1 Å². The molecular formula is C22H37BrCl3NO2S. The fourth-order valence-corrected chi connectivity index (χ4v) is 4.99. The molecule has 0 saturated heterocycles. The van der Waals surface area contributed by atoms with Gasteiger partial charge in [0.15, 0.2) is 4.36 Å². The summed E-state index contributed by atoms with van der Waals surface area (Å²) < 4.78 is 0.0561. The molecule has 0 aromatic carbocycles. The number of thioether (sulfide) groups is 1.